The van der Waals surface area contributed by atoms with Gasteiger partial charge in [-0.1, -0.05) is 17.7 Å². The van der Waals surface area contributed by atoms with Crippen molar-refractivity contribution in [2.75, 3.05) is 13.7 Å². The molecule has 3 rings (SSSR count). The highest BCUT2D eigenvalue weighted by molar-refractivity contribution is 5.48. The summed E-state index contributed by atoms with van der Waals surface area (Å²) in [5.41, 5.74) is 1.92. The van der Waals surface area contributed by atoms with Crippen LogP contribution in [0.15, 0.2) is 29.8 Å². The molecule has 1 atom stereocenters. The lowest BCUT2D eigenvalue weighted by atomic mass is 9.70. The average molecular weight is 297 g/mol. The van der Waals surface area contributed by atoms with E-state index in [-0.39, 0.29) is 0 Å². The van der Waals surface area contributed by atoms with E-state index in [2.05, 4.69) is 19.1 Å². The average Bonchev–Trinajstić information content (AvgIpc) is 3.36. The zero-order valence-corrected chi connectivity index (χ0v) is 13.4. The molecule has 0 aromatic heterocycles. The molecule has 0 bridgehead atoms. The summed E-state index contributed by atoms with van der Waals surface area (Å²) < 4.78 is 11.4. The molecular weight excluding hydrogens is 274 g/mol. The van der Waals surface area contributed by atoms with Crippen molar-refractivity contribution in [2.45, 2.75) is 44.4 Å². The van der Waals surface area contributed by atoms with Crippen LogP contribution in [0.3, 0.4) is 0 Å². The van der Waals surface area contributed by atoms with Gasteiger partial charge in [0.2, 0.25) is 0 Å². The number of hydrogen-bond acceptors (Lipinski definition) is 3. The summed E-state index contributed by atoms with van der Waals surface area (Å²) >= 11 is 0. The molecule has 22 heavy (non-hydrogen) atoms. The highest BCUT2D eigenvalue weighted by Gasteiger charge is 2.35. The number of ether oxygens (including phenoxy) is 2. The molecule has 0 radical (unpaired) electrons. The Kier molecular flexibility index (Phi) is 4.11. The molecule has 0 saturated heterocycles. The standard InChI is InChI=1S/C19H23NO2/c1-14-4-3-9-19(11-14,13-20)16-7-8-17(21-2)18(10-16)22-12-15-5-6-15/h4,7-8,10,15H,3,5-6,9,11-12H2,1-2H3. The molecule has 0 aliphatic heterocycles. The lowest BCUT2D eigenvalue weighted by molar-refractivity contribution is 0.279. The normalized spacial score (nSPS) is 24.3. The largest absolute Gasteiger partial charge is 0.493 e. The molecule has 3 nitrogen and oxygen atoms in total. The van der Waals surface area contributed by atoms with Crippen LogP contribution in [0.25, 0.3) is 0 Å². The van der Waals surface area contributed by atoms with Crippen molar-refractivity contribution >= 4 is 0 Å². The molecule has 0 spiro atoms. The predicted octanol–water partition coefficient (Wildman–Crippen LogP) is 4.38. The van der Waals surface area contributed by atoms with Crippen LogP contribution >= 0.6 is 0 Å². The highest BCUT2D eigenvalue weighted by atomic mass is 16.5. The molecular formula is C19H23NO2. The Morgan fingerprint density at radius 2 is 2.14 bits per heavy atom. The van der Waals surface area contributed by atoms with Crippen LogP contribution in [-0.4, -0.2) is 13.7 Å². The van der Waals surface area contributed by atoms with Gasteiger partial charge in [0.05, 0.1) is 25.2 Å². The summed E-state index contributed by atoms with van der Waals surface area (Å²) in [5, 5.41) is 9.81. The summed E-state index contributed by atoms with van der Waals surface area (Å²) in [5.74, 6) is 2.22. The molecule has 3 heteroatoms. The molecule has 1 aromatic rings. The van der Waals surface area contributed by atoms with Crippen molar-refractivity contribution in [3.63, 3.8) is 0 Å². The van der Waals surface area contributed by atoms with Crippen LogP contribution in [-0.2, 0) is 5.41 Å². The van der Waals surface area contributed by atoms with Crippen LogP contribution in [0, 0.1) is 17.2 Å². The van der Waals surface area contributed by atoms with Crippen LogP contribution < -0.4 is 9.47 Å². The molecule has 0 N–H and O–H groups in total. The van der Waals surface area contributed by atoms with Gasteiger partial charge in [-0.3, -0.25) is 0 Å². The van der Waals surface area contributed by atoms with Crippen molar-refractivity contribution in [1.82, 2.24) is 0 Å². The Morgan fingerprint density at radius 3 is 2.77 bits per heavy atom. The molecule has 1 aromatic carbocycles. The molecule has 1 saturated carbocycles. The second-order valence-electron chi connectivity index (χ2n) is 6.58. The Hall–Kier alpha value is -1.95. The third-order valence-corrected chi connectivity index (χ3v) is 4.75. The van der Waals surface area contributed by atoms with Gasteiger partial charge in [-0.25, -0.2) is 0 Å². The molecule has 0 amide bonds. The minimum absolute atomic E-state index is 0.428. The number of allylic oxidation sites excluding steroid dienone is 2. The second-order valence-corrected chi connectivity index (χ2v) is 6.58. The van der Waals surface area contributed by atoms with E-state index in [1.54, 1.807) is 7.11 Å². The fourth-order valence-electron chi connectivity index (χ4n) is 3.19. The molecule has 2 aliphatic carbocycles. The van der Waals surface area contributed by atoms with Crippen molar-refractivity contribution in [1.29, 1.82) is 5.26 Å². The molecule has 1 unspecified atom stereocenters. The van der Waals surface area contributed by atoms with E-state index in [0.717, 1.165) is 42.9 Å². The van der Waals surface area contributed by atoms with Gasteiger partial charge in [-0.05, 0) is 62.6 Å². The maximum atomic E-state index is 9.81. The SMILES string of the molecule is COc1ccc(C2(C#N)CCC=C(C)C2)cc1OCC1CC1. The van der Waals surface area contributed by atoms with Gasteiger partial charge >= 0.3 is 0 Å². The Balaban J connectivity index is 1.90. The van der Waals surface area contributed by atoms with Crippen molar-refractivity contribution in [2.24, 2.45) is 5.92 Å². The molecule has 0 heterocycles. The number of methoxy groups -OCH3 is 1. The van der Waals surface area contributed by atoms with Gasteiger partial charge < -0.3 is 9.47 Å². The lowest BCUT2D eigenvalue weighted by Crippen LogP contribution is -2.26. The quantitative estimate of drug-likeness (QED) is 0.758. The van der Waals surface area contributed by atoms with Crippen LogP contribution in [0.2, 0.25) is 0 Å². The Morgan fingerprint density at radius 1 is 1.32 bits per heavy atom. The molecule has 116 valence electrons. The highest BCUT2D eigenvalue weighted by Crippen LogP contribution is 2.42. The first-order valence-electron chi connectivity index (χ1n) is 8.05. The van der Waals surface area contributed by atoms with E-state index >= 15 is 0 Å². The maximum Gasteiger partial charge on any atom is 0.161 e. The zero-order chi connectivity index (χ0) is 15.6. The van der Waals surface area contributed by atoms with Crippen molar-refractivity contribution in [3.8, 4) is 17.6 Å². The van der Waals surface area contributed by atoms with Gasteiger partial charge in [-0.2, -0.15) is 5.26 Å². The van der Waals surface area contributed by atoms with E-state index in [9.17, 15) is 5.26 Å². The number of hydrogen-bond donors (Lipinski definition) is 0. The van der Waals surface area contributed by atoms with E-state index in [1.807, 2.05) is 18.2 Å². The fraction of sp³-hybridized carbons (Fsp3) is 0.526. The van der Waals surface area contributed by atoms with Gasteiger partial charge in [0.15, 0.2) is 11.5 Å². The minimum Gasteiger partial charge on any atom is -0.493 e. The number of rotatable bonds is 5. The zero-order valence-electron chi connectivity index (χ0n) is 13.4. The number of nitrogens with zero attached hydrogens (tertiary/aromatic N) is 1. The first-order chi connectivity index (χ1) is 10.7. The fourth-order valence-corrected chi connectivity index (χ4v) is 3.19. The molecule has 1 fully saturated rings. The van der Waals surface area contributed by atoms with E-state index in [0.29, 0.717) is 5.92 Å². The van der Waals surface area contributed by atoms with Crippen LogP contribution in [0.1, 0.15) is 44.6 Å². The van der Waals surface area contributed by atoms with Crippen LogP contribution in [0.5, 0.6) is 11.5 Å². The maximum absolute atomic E-state index is 9.81. The monoisotopic (exact) mass is 297 g/mol. The van der Waals surface area contributed by atoms with Gasteiger partial charge in [0.1, 0.15) is 0 Å². The van der Waals surface area contributed by atoms with Gasteiger partial charge in [-0.15, -0.1) is 0 Å². The summed E-state index contributed by atoms with van der Waals surface area (Å²) in [6.07, 6.45) is 7.39. The van der Waals surface area contributed by atoms with E-state index in [1.165, 1.54) is 18.4 Å². The third kappa shape index (κ3) is 2.97. The first-order valence-corrected chi connectivity index (χ1v) is 8.05. The first kappa shape index (κ1) is 15.0. The second kappa shape index (κ2) is 6.04. The topological polar surface area (TPSA) is 42.2 Å². The summed E-state index contributed by atoms with van der Waals surface area (Å²) in [6.45, 7) is 2.86. The van der Waals surface area contributed by atoms with E-state index in [4.69, 9.17) is 9.47 Å². The Labute approximate surface area is 132 Å². The van der Waals surface area contributed by atoms with E-state index < -0.39 is 5.41 Å². The van der Waals surface area contributed by atoms with Crippen molar-refractivity contribution < 1.29 is 9.47 Å². The molecule has 2 aliphatic rings. The van der Waals surface area contributed by atoms with Crippen molar-refractivity contribution in [3.05, 3.63) is 35.4 Å². The van der Waals surface area contributed by atoms with Gasteiger partial charge in [0, 0.05) is 0 Å². The smallest absolute Gasteiger partial charge is 0.161 e. The lowest BCUT2D eigenvalue weighted by Gasteiger charge is -2.31. The van der Waals surface area contributed by atoms with Gasteiger partial charge in [0.25, 0.3) is 0 Å². The summed E-state index contributed by atoms with van der Waals surface area (Å²) in [4.78, 5) is 0. The third-order valence-electron chi connectivity index (χ3n) is 4.75. The number of benzene rings is 1. The van der Waals surface area contributed by atoms with Crippen LogP contribution in [0.4, 0.5) is 0 Å². The predicted molar refractivity (Wildman–Crippen MR) is 86.1 cm³/mol. The summed E-state index contributed by atoms with van der Waals surface area (Å²) in [7, 11) is 1.66. The number of nitriles is 1. The Bertz CT molecular complexity index is 625. The summed E-state index contributed by atoms with van der Waals surface area (Å²) in [6, 6.07) is 8.54. The minimum atomic E-state index is -0.428.